The number of esters is 2. The average molecular weight is 1430 g/mol. The van der Waals surface area contributed by atoms with Gasteiger partial charge >= 0.3 is 11.9 Å². The van der Waals surface area contributed by atoms with E-state index in [1.807, 2.05) is 99.7 Å². The molecule has 3 N–H and O–H groups in total. The molecule has 3 saturated heterocycles. The number of amides is 3. The maximum Gasteiger partial charge on any atom is 0.329 e. The minimum atomic E-state index is -2.42. The second kappa shape index (κ2) is 41.0. The van der Waals surface area contributed by atoms with Gasteiger partial charge in [0.2, 0.25) is 17.6 Å². The van der Waals surface area contributed by atoms with E-state index >= 15 is 0 Å². The number of nitrogens with one attached hydrogen (secondary N) is 1. The van der Waals surface area contributed by atoms with Gasteiger partial charge in [-0.1, -0.05) is 112 Å². The first-order valence-electron chi connectivity index (χ1n) is 37.3. The molecule has 564 valence electrons. The molecule has 1 aliphatic carbocycles. The molecule has 8 rings (SSSR count). The number of hydrogen-bond donors (Lipinski definition) is 3. The third-order valence-corrected chi connectivity index (χ3v) is 21.1. The number of fused-ring (bicyclic) bond motifs is 6. The second-order valence-corrected chi connectivity index (χ2v) is 28.8. The van der Waals surface area contributed by atoms with Crippen LogP contribution in [0.5, 0.6) is 0 Å². The lowest BCUT2D eigenvalue weighted by Crippen LogP contribution is -2.65. The average Bonchev–Trinajstić information content (AvgIpc) is 0.754. The van der Waals surface area contributed by atoms with E-state index in [2.05, 4.69) is 17.2 Å². The van der Waals surface area contributed by atoms with Crippen LogP contribution in [0.3, 0.4) is 0 Å². The molecule has 22 heteroatoms. The lowest BCUT2D eigenvalue weighted by Gasteiger charge is -2.50. The number of hydrogen-bond acceptors (Lipinski definition) is 19. The normalized spacial score (nSPS) is 30.7. The summed E-state index contributed by atoms with van der Waals surface area (Å²) in [6.07, 6.45) is 13.4. The van der Waals surface area contributed by atoms with Crippen LogP contribution in [0.15, 0.2) is 96.1 Å². The zero-order valence-electron chi connectivity index (χ0n) is 61.7. The highest BCUT2D eigenvalue weighted by Crippen LogP contribution is 2.46. The molecule has 1 saturated carbocycles. The van der Waals surface area contributed by atoms with Gasteiger partial charge in [-0.2, -0.15) is 0 Å². The van der Waals surface area contributed by atoms with Gasteiger partial charge in [0.25, 0.3) is 11.7 Å². The first kappa shape index (κ1) is 81.6. The number of rotatable bonds is 25. The van der Waals surface area contributed by atoms with Gasteiger partial charge in [-0.15, -0.1) is 0 Å². The summed E-state index contributed by atoms with van der Waals surface area (Å²) < 4.78 is 52.7. The Hall–Kier alpha value is -7.04. The highest BCUT2D eigenvalue weighted by Gasteiger charge is 2.57. The van der Waals surface area contributed by atoms with Gasteiger partial charge in [-0.3, -0.25) is 33.6 Å². The summed E-state index contributed by atoms with van der Waals surface area (Å²) in [6.45, 7) is 14.0. The fourth-order valence-corrected chi connectivity index (χ4v) is 15.1. The van der Waals surface area contributed by atoms with Crippen molar-refractivity contribution in [1.29, 1.82) is 0 Å². The monoisotopic (exact) mass is 1430 g/mol. The molecule has 15 atom stereocenters. The summed E-state index contributed by atoms with van der Waals surface area (Å²) in [4.78, 5) is 114. The van der Waals surface area contributed by atoms with Crippen molar-refractivity contribution in [2.75, 3.05) is 85.1 Å². The van der Waals surface area contributed by atoms with Crippen molar-refractivity contribution in [2.24, 2.45) is 41.4 Å². The lowest BCUT2D eigenvalue weighted by molar-refractivity contribution is -0.263. The molecule has 1 unspecified atom stereocenters. The van der Waals surface area contributed by atoms with Gasteiger partial charge in [0.1, 0.15) is 36.2 Å². The van der Waals surface area contributed by atoms with Gasteiger partial charge in [-0.05, 0) is 144 Å². The molecular weight excluding hydrogens is 1320 g/mol. The Morgan fingerprint density at radius 2 is 1.43 bits per heavy atom. The molecular formula is C81H111N3O19. The molecule has 2 aromatic rings. The number of ketones is 3. The minimum Gasteiger partial charge on any atom is -0.460 e. The molecule has 22 nitrogen and oxygen atoms in total. The molecule has 5 aliphatic heterocycles. The van der Waals surface area contributed by atoms with Crippen LogP contribution in [0.4, 0.5) is 5.69 Å². The molecule has 6 aliphatic rings. The topological polar surface area (TPSA) is 279 Å². The van der Waals surface area contributed by atoms with Gasteiger partial charge in [0.05, 0.1) is 83.7 Å². The molecule has 4 bridgehead atoms. The predicted octanol–water partition coefficient (Wildman–Crippen LogP) is 9.41. The van der Waals surface area contributed by atoms with E-state index in [9.17, 15) is 48.6 Å². The second-order valence-electron chi connectivity index (χ2n) is 28.8. The van der Waals surface area contributed by atoms with Crippen molar-refractivity contribution in [1.82, 2.24) is 10.2 Å². The lowest BCUT2D eigenvalue weighted by atomic mass is 9.68. The highest BCUT2D eigenvalue weighted by atomic mass is 16.6. The number of Topliss-reactive ketones (excluding diaryl/α,β-unsaturated/α-hetero) is 3. The summed E-state index contributed by atoms with van der Waals surface area (Å²) in [5, 5.41) is 26.6. The number of anilines is 1. The van der Waals surface area contributed by atoms with Gasteiger partial charge in [0.15, 0.2) is 5.78 Å². The summed E-state index contributed by atoms with van der Waals surface area (Å²) in [6, 6.07) is 14.3. The number of aliphatic hydroxyl groups is 2. The van der Waals surface area contributed by atoms with Crippen molar-refractivity contribution in [3.05, 3.63) is 113 Å². The highest BCUT2D eigenvalue weighted by molar-refractivity contribution is 6.39. The fraction of sp³-hybridized carbons (Fsp3) is 0.630. The number of nitrogens with zero attached hydrogens (tertiary/aromatic N) is 2. The largest absolute Gasteiger partial charge is 0.460 e. The molecule has 0 aromatic heterocycles. The number of aliphatic hydroxyl groups excluding tert-OH is 1. The Morgan fingerprint density at radius 3 is 2.17 bits per heavy atom. The number of unbranched alkanes of at least 4 members (excludes halogenated alkanes) is 1. The van der Waals surface area contributed by atoms with E-state index < -0.39 is 102 Å². The van der Waals surface area contributed by atoms with E-state index in [-0.39, 0.29) is 74.4 Å². The number of piperidine rings is 1. The summed E-state index contributed by atoms with van der Waals surface area (Å²) in [5.74, 6) is -2.96. The first-order chi connectivity index (χ1) is 49.6. The zero-order valence-corrected chi connectivity index (χ0v) is 61.7. The van der Waals surface area contributed by atoms with Crippen molar-refractivity contribution in [3.8, 4) is 11.8 Å². The van der Waals surface area contributed by atoms with Crippen LogP contribution < -0.4 is 10.2 Å². The Balaban J connectivity index is 0.761. The Morgan fingerprint density at radius 1 is 0.738 bits per heavy atom. The van der Waals surface area contributed by atoms with E-state index in [1.54, 1.807) is 38.9 Å². The number of methoxy groups -OCH3 is 2. The van der Waals surface area contributed by atoms with E-state index in [1.165, 1.54) is 12.0 Å². The Bertz CT molecular complexity index is 3390. The number of carbonyl (C=O) groups is 8. The van der Waals surface area contributed by atoms with Crippen LogP contribution in [0.1, 0.15) is 167 Å². The van der Waals surface area contributed by atoms with Crippen molar-refractivity contribution < 1.29 is 91.2 Å². The van der Waals surface area contributed by atoms with Crippen LogP contribution in [-0.2, 0) is 87.5 Å². The number of benzene rings is 2. The van der Waals surface area contributed by atoms with Crippen LogP contribution in [0.25, 0.3) is 0 Å². The molecule has 5 heterocycles. The predicted molar refractivity (Wildman–Crippen MR) is 385 cm³/mol. The Kier molecular flexibility index (Phi) is 32.5. The van der Waals surface area contributed by atoms with Gasteiger partial charge in [0, 0.05) is 81.4 Å². The fourth-order valence-electron chi connectivity index (χ4n) is 15.1. The number of allylic oxidation sites excluding steroid dienone is 7. The van der Waals surface area contributed by atoms with Crippen LogP contribution >= 0.6 is 0 Å². The quantitative estimate of drug-likeness (QED) is 0.0274. The summed E-state index contributed by atoms with van der Waals surface area (Å²) in [7, 11) is 2.94. The third kappa shape index (κ3) is 23.5. The summed E-state index contributed by atoms with van der Waals surface area (Å²) in [5.41, 5.74) is 4.91. The minimum absolute atomic E-state index is 0.00375. The van der Waals surface area contributed by atoms with Gasteiger partial charge in [-0.25, -0.2) is 4.79 Å². The van der Waals surface area contributed by atoms with Crippen LogP contribution in [0.2, 0.25) is 0 Å². The van der Waals surface area contributed by atoms with E-state index in [0.29, 0.717) is 148 Å². The first-order valence-corrected chi connectivity index (χ1v) is 37.3. The van der Waals surface area contributed by atoms with Crippen molar-refractivity contribution in [2.45, 2.75) is 206 Å². The summed E-state index contributed by atoms with van der Waals surface area (Å²) >= 11 is 0. The molecule has 3 amide bonds. The molecule has 0 spiro atoms. The maximum absolute atomic E-state index is 14.7. The number of carbonyl (C=O) groups excluding carboxylic acids is 8. The maximum atomic E-state index is 14.7. The van der Waals surface area contributed by atoms with Gasteiger partial charge < -0.3 is 68.0 Å². The smallest absolute Gasteiger partial charge is 0.329 e. The third-order valence-electron chi connectivity index (χ3n) is 21.1. The van der Waals surface area contributed by atoms with E-state index in [0.717, 1.165) is 28.0 Å². The zero-order chi connectivity index (χ0) is 74.0. The molecule has 103 heavy (non-hydrogen) atoms. The van der Waals surface area contributed by atoms with Crippen LogP contribution in [0, 0.1) is 53.3 Å². The number of ether oxygens (including phenoxy) is 9. The van der Waals surface area contributed by atoms with Crippen molar-refractivity contribution in [3.63, 3.8) is 0 Å². The Labute approximate surface area is 608 Å². The standard InChI is InChI=1S/C81H111N3O19/c1-53-19-10-9-11-20-54(2)47-56(4)75(89)77(96-8)76(90)57(5)48-55(3)67(85)51-69-65(64-24-18-38-83(74(64)80(93)102-69)79(92)78(91)81(94)58(6)29-34-63(103-81)33-28-53)49-59-30-35-68(70(50-59)95-7)101-73(88)36-39-97-41-43-99-45-46-100-44-42-98-40-37-82-71(86)26-16-17-27-72(87)84-52-62-23-13-12-21-60(62)31-32-61-22-14-15-25-66(61)84/h9-15,19-23,25,48,54-56,58-59,63-65,68-70,74,76-77,90,94H,16-18,24,26-30,33-47,49-52H2,1-8H3,(H,82,86)/b10-9+,20-11+,53-19+,57-48+/t54-,55-,56-,58-,59+,63-,64?,65+,68-,69+,70-,74+,76-,77+,81-/m1/s1. The number of para-hydroxylation sites is 1. The van der Waals surface area contributed by atoms with Crippen LogP contribution in [-0.4, -0.2) is 191 Å². The SMILES string of the molecule is CO[C@@H]1C[C@H](C[C@H]2C3CCCN4C(=O)C(=O)[C@]5(O)O[C@H](CC/C(C)=C/C=C/C=C/[C@@H](C)C[C@@H](C)C(=O)[C@H](OC)[C@H](O)/C(C)=C/[C@@H](C)C(=O)C[C@@H]2OC(=O)[C@H]34)CC[C@H]5C)CC[C@H]1OC(=O)CCOCCOCCOCCOCCNC(=O)CCCCC(=O)N1Cc2ccccc2C#Cc2ccccc21. The van der Waals surface area contributed by atoms with Crippen molar-refractivity contribution >= 4 is 52.7 Å². The molecule has 0 radical (unpaired) electrons. The molecule has 2 aromatic carbocycles. The van der Waals surface area contributed by atoms with E-state index in [4.69, 9.17) is 42.6 Å². The molecule has 4 fully saturated rings.